The molecule has 1 aliphatic rings. The van der Waals surface area contributed by atoms with Crippen molar-refractivity contribution in [2.24, 2.45) is 11.8 Å². The van der Waals surface area contributed by atoms with Crippen LogP contribution in [0.15, 0.2) is 52.2 Å². The maximum Gasteiger partial charge on any atom is 0.308 e. The first-order valence-corrected chi connectivity index (χ1v) is 13.1. The number of carboxylic acid groups (broad SMARTS) is 1. The van der Waals surface area contributed by atoms with Crippen LogP contribution in [-0.4, -0.2) is 58.6 Å². The lowest BCUT2D eigenvalue weighted by molar-refractivity contribution is -0.146. The number of rotatable bonds is 10. The number of carbonyl (C=O) groups is 1. The van der Waals surface area contributed by atoms with Crippen molar-refractivity contribution in [3.63, 3.8) is 0 Å². The molecule has 2 aromatic heterocycles. The summed E-state index contributed by atoms with van der Waals surface area (Å²) in [5, 5.41) is 23.8. The van der Waals surface area contributed by atoms with Gasteiger partial charge in [-0.25, -0.2) is 0 Å². The Bertz CT molecular complexity index is 1060. The molecule has 2 N–H and O–H groups in total. The lowest BCUT2D eigenvalue weighted by atomic mass is 9.81. The lowest BCUT2D eigenvalue weighted by Crippen LogP contribution is -2.44. The molecule has 4 rings (SSSR count). The number of aliphatic hydroxyl groups is 1. The number of ether oxygens (including phenoxy) is 1. The molecule has 1 aliphatic heterocycles. The van der Waals surface area contributed by atoms with Gasteiger partial charge in [-0.3, -0.25) is 9.78 Å². The minimum atomic E-state index is -0.732. The van der Waals surface area contributed by atoms with Crippen molar-refractivity contribution >= 4 is 40.0 Å². The molecule has 176 valence electrons. The van der Waals surface area contributed by atoms with Gasteiger partial charge in [0.2, 0.25) is 0 Å². The number of aromatic nitrogens is 1. The number of methoxy groups -OCH3 is 1. The average Bonchev–Trinajstić information content (AvgIpc) is 3.35. The zero-order valence-electron chi connectivity index (χ0n) is 18.7. The third-order valence-electron chi connectivity index (χ3n) is 6.46. The first-order chi connectivity index (χ1) is 16.0. The summed E-state index contributed by atoms with van der Waals surface area (Å²) in [5.74, 6) is 0.631. The number of piperidine rings is 1. The second-order valence-corrected chi connectivity index (χ2v) is 10.8. The van der Waals surface area contributed by atoms with E-state index in [9.17, 15) is 15.0 Å². The largest absolute Gasteiger partial charge is 0.497 e. The summed E-state index contributed by atoms with van der Waals surface area (Å²) >= 11 is 3.57. The van der Waals surface area contributed by atoms with Crippen LogP contribution in [0.25, 0.3) is 10.9 Å². The van der Waals surface area contributed by atoms with Crippen LogP contribution in [0.3, 0.4) is 0 Å². The van der Waals surface area contributed by atoms with Crippen molar-refractivity contribution in [1.82, 2.24) is 9.88 Å². The van der Waals surface area contributed by atoms with E-state index in [0.29, 0.717) is 19.4 Å². The van der Waals surface area contributed by atoms with Gasteiger partial charge in [0.1, 0.15) is 5.75 Å². The molecule has 1 unspecified atom stereocenters. The van der Waals surface area contributed by atoms with E-state index in [1.165, 1.54) is 4.21 Å². The third kappa shape index (κ3) is 6.06. The molecule has 1 fully saturated rings. The summed E-state index contributed by atoms with van der Waals surface area (Å²) < 4.78 is 6.63. The highest BCUT2D eigenvalue weighted by Gasteiger charge is 2.34. The van der Waals surface area contributed by atoms with Crippen LogP contribution >= 0.6 is 23.1 Å². The van der Waals surface area contributed by atoms with E-state index < -0.39 is 18.0 Å². The molecular weight excluding hydrogens is 456 g/mol. The van der Waals surface area contributed by atoms with Crippen molar-refractivity contribution in [2.45, 2.75) is 29.6 Å². The molecule has 3 atom stereocenters. The number of carboxylic acids is 1. The summed E-state index contributed by atoms with van der Waals surface area (Å²) in [6, 6.07) is 11.7. The topological polar surface area (TPSA) is 82.9 Å². The van der Waals surface area contributed by atoms with E-state index in [2.05, 4.69) is 27.4 Å². The standard InChI is InChI=1S/C25H30N2O4S2/c1-31-18-5-6-22-20(15-18)19(8-10-26-22)23(28)7-4-17-9-11-27(16-21(17)25(29)30)12-14-33-24-3-2-13-32-24/h2-3,5-6,8,10,13,15,17,21,23,28H,4,7,9,11-12,14,16H2,1H3,(H,29,30)/t17?,21-,23-/m1/s1. The van der Waals surface area contributed by atoms with Crippen LogP contribution in [0.1, 0.15) is 30.9 Å². The maximum atomic E-state index is 12.0. The lowest BCUT2D eigenvalue weighted by Gasteiger charge is -2.36. The molecule has 8 heteroatoms. The van der Waals surface area contributed by atoms with Crippen LogP contribution < -0.4 is 4.74 Å². The molecule has 1 aromatic carbocycles. The molecule has 0 spiro atoms. The third-order valence-corrected chi connectivity index (χ3v) is 8.57. The zero-order chi connectivity index (χ0) is 23.2. The van der Waals surface area contributed by atoms with Gasteiger partial charge < -0.3 is 19.8 Å². The van der Waals surface area contributed by atoms with Gasteiger partial charge in [-0.15, -0.1) is 23.1 Å². The predicted molar refractivity (Wildman–Crippen MR) is 133 cm³/mol. The number of nitrogens with zero attached hydrogens (tertiary/aromatic N) is 2. The Morgan fingerprint density at radius 1 is 1.36 bits per heavy atom. The van der Waals surface area contributed by atoms with Gasteiger partial charge in [0.05, 0.1) is 28.9 Å². The van der Waals surface area contributed by atoms with Crippen molar-refractivity contribution < 1.29 is 19.7 Å². The minimum Gasteiger partial charge on any atom is -0.497 e. The number of likely N-dealkylation sites (tertiary alicyclic amines) is 1. The summed E-state index contributed by atoms with van der Waals surface area (Å²) in [4.78, 5) is 18.7. The molecule has 0 bridgehead atoms. The number of benzene rings is 1. The second-order valence-electron chi connectivity index (χ2n) is 8.45. The number of hydrogen-bond acceptors (Lipinski definition) is 7. The summed E-state index contributed by atoms with van der Waals surface area (Å²) in [7, 11) is 1.62. The van der Waals surface area contributed by atoms with Crippen LogP contribution in [0, 0.1) is 11.8 Å². The normalized spacial score (nSPS) is 20.1. The molecule has 6 nitrogen and oxygen atoms in total. The number of hydrogen-bond donors (Lipinski definition) is 2. The van der Waals surface area contributed by atoms with E-state index in [1.807, 2.05) is 36.0 Å². The number of aliphatic hydroxyl groups excluding tert-OH is 1. The number of thiophene rings is 1. The SMILES string of the molecule is COc1ccc2nccc([C@H](O)CCC3CCN(CCSc4cccs4)C[C@H]3C(=O)O)c2c1. The monoisotopic (exact) mass is 486 g/mol. The predicted octanol–water partition coefficient (Wildman–Crippen LogP) is 4.93. The zero-order valence-corrected chi connectivity index (χ0v) is 20.4. The van der Waals surface area contributed by atoms with Crippen LogP contribution in [0.5, 0.6) is 5.75 Å². The Hall–Kier alpha value is -2.13. The summed E-state index contributed by atoms with van der Waals surface area (Å²) in [6.45, 7) is 2.38. The van der Waals surface area contributed by atoms with Gasteiger partial charge in [0.25, 0.3) is 0 Å². The highest BCUT2D eigenvalue weighted by molar-refractivity contribution is 8.01. The number of fused-ring (bicyclic) bond motifs is 1. The fourth-order valence-corrected chi connectivity index (χ4v) is 6.47. The van der Waals surface area contributed by atoms with Gasteiger partial charge in [-0.2, -0.15) is 0 Å². The van der Waals surface area contributed by atoms with E-state index >= 15 is 0 Å². The molecule has 0 radical (unpaired) electrons. The quantitative estimate of drug-likeness (QED) is 0.393. The fraction of sp³-hybridized carbons (Fsp3) is 0.440. The molecule has 0 amide bonds. The van der Waals surface area contributed by atoms with Crippen LogP contribution in [0.4, 0.5) is 0 Å². The summed E-state index contributed by atoms with van der Waals surface area (Å²) in [6.07, 6.45) is 3.10. The minimum absolute atomic E-state index is 0.0704. The van der Waals surface area contributed by atoms with E-state index in [-0.39, 0.29) is 5.92 Å². The maximum absolute atomic E-state index is 12.0. The Balaban J connectivity index is 1.34. The molecule has 0 aliphatic carbocycles. The molecular formula is C25H30N2O4S2. The van der Waals surface area contributed by atoms with Gasteiger partial charge >= 0.3 is 5.97 Å². The first-order valence-electron chi connectivity index (χ1n) is 11.3. The Kier molecular flexibility index (Phi) is 8.25. The van der Waals surface area contributed by atoms with Gasteiger partial charge in [-0.1, -0.05) is 6.07 Å². The molecule has 3 heterocycles. The summed E-state index contributed by atoms with van der Waals surface area (Å²) in [5.41, 5.74) is 1.62. The van der Waals surface area contributed by atoms with Crippen molar-refractivity contribution in [1.29, 1.82) is 0 Å². The molecule has 33 heavy (non-hydrogen) atoms. The first kappa shape index (κ1) is 24.0. The van der Waals surface area contributed by atoms with Gasteiger partial charge in [0, 0.05) is 30.4 Å². The molecule has 3 aromatic rings. The van der Waals surface area contributed by atoms with Crippen molar-refractivity contribution in [2.75, 3.05) is 32.5 Å². The van der Waals surface area contributed by atoms with Gasteiger partial charge in [-0.05, 0) is 73.0 Å². The smallest absolute Gasteiger partial charge is 0.308 e. The highest BCUT2D eigenvalue weighted by Crippen LogP contribution is 2.34. The fourth-order valence-electron chi connectivity index (χ4n) is 4.61. The van der Waals surface area contributed by atoms with Crippen LogP contribution in [0.2, 0.25) is 0 Å². The van der Waals surface area contributed by atoms with E-state index in [0.717, 1.165) is 47.5 Å². The van der Waals surface area contributed by atoms with E-state index in [4.69, 9.17) is 4.74 Å². The Labute approximate surface area is 202 Å². The number of pyridine rings is 1. The number of thioether (sulfide) groups is 1. The second kappa shape index (κ2) is 11.3. The van der Waals surface area contributed by atoms with Crippen molar-refractivity contribution in [3.8, 4) is 5.75 Å². The Morgan fingerprint density at radius 3 is 3.00 bits per heavy atom. The van der Waals surface area contributed by atoms with E-state index in [1.54, 1.807) is 24.6 Å². The van der Waals surface area contributed by atoms with Crippen LogP contribution in [-0.2, 0) is 4.79 Å². The van der Waals surface area contributed by atoms with Crippen molar-refractivity contribution in [3.05, 3.63) is 53.5 Å². The van der Waals surface area contributed by atoms with Gasteiger partial charge in [0.15, 0.2) is 0 Å². The number of aliphatic carboxylic acids is 1. The average molecular weight is 487 g/mol. The Morgan fingerprint density at radius 2 is 2.24 bits per heavy atom. The molecule has 0 saturated carbocycles. The molecule has 1 saturated heterocycles. The highest BCUT2D eigenvalue weighted by atomic mass is 32.2.